The minimum Gasteiger partial charge on any atom is -0.492 e. The van der Waals surface area contributed by atoms with Crippen LogP contribution in [0.15, 0.2) is 24.3 Å². The van der Waals surface area contributed by atoms with Crippen LogP contribution < -0.4 is 10.1 Å². The summed E-state index contributed by atoms with van der Waals surface area (Å²) >= 11 is 5.45. The average molecular weight is 370 g/mol. The zero-order valence-corrected chi connectivity index (χ0v) is 13.4. The summed E-state index contributed by atoms with van der Waals surface area (Å²) in [4.78, 5) is 23.4. The van der Waals surface area contributed by atoms with Crippen molar-refractivity contribution in [2.75, 3.05) is 19.0 Å². The topological polar surface area (TPSA) is 84.9 Å². The Kier molecular flexibility index (Phi) is 6.44. The number of rotatable bonds is 6. The van der Waals surface area contributed by atoms with Crippen molar-refractivity contribution in [3.63, 3.8) is 0 Å². The van der Waals surface area contributed by atoms with Crippen molar-refractivity contribution in [3.05, 3.63) is 24.3 Å². The molecule has 0 aromatic heterocycles. The zero-order valence-electron chi connectivity index (χ0n) is 12.7. The average Bonchev–Trinajstić information content (AvgIpc) is 2.53. The highest BCUT2D eigenvalue weighted by molar-refractivity contribution is 6.35. The van der Waals surface area contributed by atoms with Crippen molar-refractivity contribution >= 4 is 29.2 Å². The van der Waals surface area contributed by atoms with Crippen LogP contribution in [0.25, 0.3) is 0 Å². The van der Waals surface area contributed by atoms with Crippen LogP contribution in [0.4, 0.5) is 18.9 Å². The predicted octanol–water partition coefficient (Wildman–Crippen LogP) is 2.10. The summed E-state index contributed by atoms with van der Waals surface area (Å²) in [7, 11) is 0.630. The number of anilines is 1. The third kappa shape index (κ3) is 3.90. The standard InChI is InChI=1S/C14H15ClF3NO5/c1-3-24-9-7-5-4-6-8(9)19-11(20)10(15)13(22,12(21)23-2)14(16,17)18/h4-7,10,22H,3H2,1-2H3,(H,19,20). The van der Waals surface area contributed by atoms with E-state index in [1.165, 1.54) is 18.2 Å². The number of aliphatic hydroxyl groups is 1. The Morgan fingerprint density at radius 1 is 1.33 bits per heavy atom. The van der Waals surface area contributed by atoms with E-state index in [2.05, 4.69) is 10.1 Å². The van der Waals surface area contributed by atoms with Gasteiger partial charge in [-0.25, -0.2) is 4.79 Å². The van der Waals surface area contributed by atoms with Gasteiger partial charge in [0.25, 0.3) is 5.60 Å². The maximum atomic E-state index is 13.1. The van der Waals surface area contributed by atoms with Gasteiger partial charge in [-0.2, -0.15) is 13.2 Å². The molecule has 134 valence electrons. The number of nitrogens with one attached hydrogen (secondary N) is 1. The molecule has 0 aliphatic heterocycles. The molecule has 0 aliphatic rings. The fourth-order valence-corrected chi connectivity index (χ4v) is 2.02. The van der Waals surface area contributed by atoms with Gasteiger partial charge in [0.2, 0.25) is 5.91 Å². The van der Waals surface area contributed by atoms with Crippen LogP contribution in [-0.2, 0) is 14.3 Å². The number of methoxy groups -OCH3 is 1. The number of alkyl halides is 4. The molecule has 0 radical (unpaired) electrons. The highest BCUT2D eigenvalue weighted by Gasteiger charge is 2.67. The summed E-state index contributed by atoms with van der Waals surface area (Å²) in [5, 5.41) is 9.09. The minimum atomic E-state index is -5.52. The molecule has 2 N–H and O–H groups in total. The van der Waals surface area contributed by atoms with Gasteiger partial charge in [0.15, 0.2) is 5.38 Å². The fraction of sp³-hybridized carbons (Fsp3) is 0.429. The molecule has 10 heteroatoms. The largest absolute Gasteiger partial charge is 0.492 e. The highest BCUT2D eigenvalue weighted by Crippen LogP contribution is 2.37. The van der Waals surface area contributed by atoms with Crippen molar-refractivity contribution in [2.24, 2.45) is 0 Å². The molecule has 0 spiro atoms. The Morgan fingerprint density at radius 2 is 1.92 bits per heavy atom. The number of carbonyl (C=O) groups is 2. The highest BCUT2D eigenvalue weighted by atomic mass is 35.5. The van der Waals surface area contributed by atoms with E-state index in [0.717, 1.165) is 0 Å². The quantitative estimate of drug-likeness (QED) is 0.592. The van der Waals surface area contributed by atoms with E-state index in [9.17, 15) is 27.9 Å². The lowest BCUT2D eigenvalue weighted by atomic mass is 9.97. The molecule has 1 amide bonds. The summed E-state index contributed by atoms with van der Waals surface area (Å²) in [5.74, 6) is -3.36. The lowest BCUT2D eigenvalue weighted by Gasteiger charge is -2.30. The van der Waals surface area contributed by atoms with Gasteiger partial charge in [-0.05, 0) is 19.1 Å². The van der Waals surface area contributed by atoms with Gasteiger partial charge in [0, 0.05) is 0 Å². The number of hydrogen-bond donors (Lipinski definition) is 2. The van der Waals surface area contributed by atoms with Gasteiger partial charge in [0.05, 0.1) is 19.4 Å². The number of halogens is 4. The number of benzene rings is 1. The molecular formula is C14H15ClF3NO5. The molecular weight excluding hydrogens is 355 g/mol. The smallest absolute Gasteiger partial charge is 0.430 e. The summed E-state index contributed by atoms with van der Waals surface area (Å²) < 4.78 is 48.3. The van der Waals surface area contributed by atoms with Crippen molar-refractivity contribution in [1.29, 1.82) is 0 Å². The van der Waals surface area contributed by atoms with Crippen molar-refractivity contribution in [3.8, 4) is 5.75 Å². The number of carbonyl (C=O) groups excluding carboxylic acids is 2. The van der Waals surface area contributed by atoms with Crippen LogP contribution in [0, 0.1) is 0 Å². The molecule has 0 saturated heterocycles. The molecule has 0 fully saturated rings. The molecule has 0 heterocycles. The number of esters is 1. The van der Waals surface area contributed by atoms with E-state index in [1.54, 1.807) is 13.0 Å². The normalized spacial score (nSPS) is 15.1. The Morgan fingerprint density at radius 3 is 2.42 bits per heavy atom. The van der Waals surface area contributed by atoms with Crippen LogP contribution in [0.1, 0.15) is 6.92 Å². The number of amides is 1. The van der Waals surface area contributed by atoms with E-state index in [-0.39, 0.29) is 18.0 Å². The van der Waals surface area contributed by atoms with Crippen LogP contribution >= 0.6 is 11.6 Å². The molecule has 1 aromatic carbocycles. The molecule has 2 atom stereocenters. The second kappa shape index (κ2) is 7.71. The Balaban J connectivity index is 3.11. The molecule has 24 heavy (non-hydrogen) atoms. The van der Waals surface area contributed by atoms with Gasteiger partial charge in [-0.3, -0.25) is 4.79 Å². The van der Waals surface area contributed by atoms with Crippen molar-refractivity contribution < 1.29 is 37.3 Å². The molecule has 0 bridgehead atoms. The minimum absolute atomic E-state index is 0.0318. The first-order chi connectivity index (χ1) is 11.1. The summed E-state index contributed by atoms with van der Waals surface area (Å²) in [6.45, 7) is 1.91. The molecule has 6 nitrogen and oxygen atoms in total. The van der Waals surface area contributed by atoms with Crippen LogP contribution in [0.5, 0.6) is 5.75 Å². The summed E-state index contributed by atoms with van der Waals surface area (Å²) in [6, 6.07) is 5.91. The van der Waals surface area contributed by atoms with Gasteiger partial charge in [-0.1, -0.05) is 12.1 Å². The van der Waals surface area contributed by atoms with E-state index in [0.29, 0.717) is 7.11 Å². The van der Waals surface area contributed by atoms with Crippen molar-refractivity contribution in [2.45, 2.75) is 24.1 Å². The Labute approximate surface area is 140 Å². The predicted molar refractivity (Wildman–Crippen MR) is 78.9 cm³/mol. The monoisotopic (exact) mass is 369 g/mol. The van der Waals surface area contributed by atoms with Gasteiger partial charge in [-0.15, -0.1) is 11.6 Å². The summed E-state index contributed by atoms with van der Waals surface area (Å²) in [5.41, 5.74) is -4.17. The second-order valence-electron chi connectivity index (χ2n) is 4.54. The molecule has 0 aliphatic carbocycles. The lowest BCUT2D eigenvalue weighted by molar-refractivity contribution is -0.260. The first-order valence-electron chi connectivity index (χ1n) is 6.63. The van der Waals surface area contributed by atoms with E-state index in [4.69, 9.17) is 16.3 Å². The SMILES string of the molecule is CCOc1ccccc1NC(=O)C(Cl)C(O)(C(=O)OC)C(F)(F)F. The third-order valence-electron chi connectivity index (χ3n) is 2.97. The van der Waals surface area contributed by atoms with Gasteiger partial charge < -0.3 is 19.9 Å². The van der Waals surface area contributed by atoms with Gasteiger partial charge in [0.1, 0.15) is 5.75 Å². The molecule has 0 saturated carbocycles. The van der Waals surface area contributed by atoms with E-state index >= 15 is 0 Å². The maximum Gasteiger partial charge on any atom is 0.430 e. The Hall–Kier alpha value is -2.00. The Bertz CT molecular complexity index is 610. The second-order valence-corrected chi connectivity index (χ2v) is 4.97. The van der Waals surface area contributed by atoms with E-state index in [1.807, 2.05) is 0 Å². The first-order valence-corrected chi connectivity index (χ1v) is 7.07. The van der Waals surface area contributed by atoms with E-state index < -0.39 is 29.0 Å². The van der Waals surface area contributed by atoms with Crippen LogP contribution in [0.2, 0.25) is 0 Å². The summed E-state index contributed by atoms with van der Waals surface area (Å²) in [6.07, 6.45) is -5.52. The zero-order chi connectivity index (χ0) is 18.5. The fourth-order valence-electron chi connectivity index (χ4n) is 1.76. The number of para-hydroxylation sites is 2. The molecule has 2 unspecified atom stereocenters. The third-order valence-corrected chi connectivity index (χ3v) is 3.48. The number of ether oxygens (including phenoxy) is 2. The molecule has 1 rings (SSSR count). The first kappa shape index (κ1) is 20.0. The lowest BCUT2D eigenvalue weighted by Crippen LogP contribution is -2.62. The molecule has 1 aromatic rings. The van der Waals surface area contributed by atoms with Crippen LogP contribution in [-0.4, -0.2) is 47.9 Å². The van der Waals surface area contributed by atoms with Crippen molar-refractivity contribution in [1.82, 2.24) is 0 Å². The van der Waals surface area contributed by atoms with Crippen LogP contribution in [0.3, 0.4) is 0 Å². The van der Waals surface area contributed by atoms with Gasteiger partial charge >= 0.3 is 12.1 Å². The maximum absolute atomic E-state index is 13.1. The number of hydrogen-bond acceptors (Lipinski definition) is 5.